The number of fused-ring (bicyclic) bond motifs is 1. The van der Waals surface area contributed by atoms with E-state index in [1.54, 1.807) is 24.6 Å². The SMILES string of the molecule is CC(=O)[O-].CC(=O)[O-].CC(C)Cc1ccc(O)c(C=Nc2cc3ccccc3cc2N=Cc2cc(CC(C)C)ccc2O)c1.[Co+2]. The minimum atomic E-state index is -1.08. The van der Waals surface area contributed by atoms with Crippen molar-refractivity contribution in [3.05, 3.63) is 95.1 Å². The van der Waals surface area contributed by atoms with E-state index in [2.05, 4.69) is 27.7 Å². The van der Waals surface area contributed by atoms with Crippen molar-refractivity contribution >= 4 is 46.5 Å². The fraction of sp³-hybridized carbons (Fsp3) is 0.278. The second-order valence-corrected chi connectivity index (χ2v) is 11.2. The Morgan fingerprint density at radius 3 is 1.31 bits per heavy atom. The molecule has 1 radical (unpaired) electrons. The molecule has 0 atom stereocenters. The second-order valence-electron chi connectivity index (χ2n) is 11.2. The van der Waals surface area contributed by atoms with Crippen LogP contribution < -0.4 is 10.2 Å². The van der Waals surface area contributed by atoms with Crippen LogP contribution in [0.4, 0.5) is 11.4 Å². The molecule has 0 bridgehead atoms. The van der Waals surface area contributed by atoms with Crippen LogP contribution in [0.15, 0.2) is 82.8 Å². The second kappa shape index (κ2) is 19.0. The van der Waals surface area contributed by atoms with Gasteiger partial charge in [-0.05, 0) is 96.8 Å². The molecule has 45 heavy (non-hydrogen) atoms. The molecule has 239 valence electrons. The molecule has 0 spiro atoms. The molecule has 0 aliphatic carbocycles. The summed E-state index contributed by atoms with van der Waals surface area (Å²) in [7, 11) is 0. The van der Waals surface area contributed by atoms with Gasteiger partial charge in [-0.3, -0.25) is 9.98 Å². The first-order valence-corrected chi connectivity index (χ1v) is 14.3. The molecule has 0 unspecified atom stereocenters. The number of benzene rings is 4. The largest absolute Gasteiger partial charge is 2.00 e. The number of hydrogen-bond acceptors (Lipinski definition) is 8. The number of aliphatic imine (C=N–C) groups is 2. The maximum atomic E-state index is 10.4. The minimum Gasteiger partial charge on any atom is -0.550 e. The molecule has 8 nitrogen and oxygen atoms in total. The number of carbonyl (C=O) groups is 2. The first-order valence-electron chi connectivity index (χ1n) is 14.3. The zero-order valence-electron chi connectivity index (χ0n) is 26.4. The maximum Gasteiger partial charge on any atom is 2.00 e. The Kier molecular flexibility index (Phi) is 16.3. The summed E-state index contributed by atoms with van der Waals surface area (Å²) in [6, 6.07) is 23.4. The number of nitrogens with zero attached hydrogens (tertiary/aromatic N) is 2. The van der Waals surface area contributed by atoms with Crippen LogP contribution in [-0.4, -0.2) is 34.6 Å². The molecule has 4 aromatic rings. The first-order chi connectivity index (χ1) is 20.7. The van der Waals surface area contributed by atoms with Gasteiger partial charge in [0.1, 0.15) is 11.5 Å². The van der Waals surface area contributed by atoms with Crippen LogP contribution >= 0.6 is 0 Å². The summed E-state index contributed by atoms with van der Waals surface area (Å²) in [6.07, 6.45) is 5.27. The van der Waals surface area contributed by atoms with Crippen LogP contribution in [0.3, 0.4) is 0 Å². The summed E-state index contributed by atoms with van der Waals surface area (Å²) in [5, 5.41) is 40.7. The predicted molar refractivity (Wildman–Crippen MR) is 173 cm³/mol. The van der Waals surface area contributed by atoms with E-state index in [1.807, 2.05) is 60.7 Å². The fourth-order valence-electron chi connectivity index (χ4n) is 4.31. The van der Waals surface area contributed by atoms with E-state index in [4.69, 9.17) is 29.8 Å². The van der Waals surface area contributed by atoms with Gasteiger partial charge in [0, 0.05) is 35.5 Å². The Morgan fingerprint density at radius 1 is 0.667 bits per heavy atom. The van der Waals surface area contributed by atoms with Crippen LogP contribution in [0.5, 0.6) is 11.5 Å². The van der Waals surface area contributed by atoms with Gasteiger partial charge in [-0.15, -0.1) is 0 Å². The van der Waals surface area contributed by atoms with Crippen molar-refractivity contribution in [3.8, 4) is 11.5 Å². The Balaban J connectivity index is 0.00000101. The molecule has 0 heterocycles. The van der Waals surface area contributed by atoms with E-state index >= 15 is 0 Å². The first kappa shape index (κ1) is 38.6. The molecule has 0 fully saturated rings. The number of aliphatic carboxylic acids is 2. The number of phenols is 2. The standard InChI is InChI=1S/C32H34N2O2.2C2H4O2.Co/c1-21(2)13-23-9-11-31(35)27(15-23)19-33-29-17-25-7-5-6-8-26(25)18-30(29)34-20-28-16-24(14-22(3)4)10-12-32(28)36;2*1-2(3)4;/h5-12,15-22,35-36H,13-14H2,1-4H3;2*1H3,(H,3,4);/q;;;+2/p-2. The van der Waals surface area contributed by atoms with Gasteiger partial charge >= 0.3 is 16.8 Å². The van der Waals surface area contributed by atoms with Crippen molar-refractivity contribution in [1.29, 1.82) is 0 Å². The van der Waals surface area contributed by atoms with Gasteiger partial charge in [0.15, 0.2) is 0 Å². The molecule has 4 aromatic carbocycles. The normalized spacial score (nSPS) is 10.8. The number of carboxylic acid groups (broad SMARTS) is 2. The zero-order chi connectivity index (χ0) is 32.8. The molecular formula is C36H40CoN2O6. The van der Waals surface area contributed by atoms with Gasteiger partial charge < -0.3 is 30.0 Å². The minimum absolute atomic E-state index is 0. The van der Waals surface area contributed by atoms with Crippen molar-refractivity contribution in [2.24, 2.45) is 21.8 Å². The van der Waals surface area contributed by atoms with Gasteiger partial charge in [0.2, 0.25) is 0 Å². The van der Waals surface area contributed by atoms with Crippen molar-refractivity contribution in [1.82, 2.24) is 0 Å². The third-order valence-corrected chi connectivity index (χ3v) is 6.00. The molecule has 2 N–H and O–H groups in total. The van der Waals surface area contributed by atoms with E-state index in [9.17, 15) is 10.2 Å². The molecule has 0 aromatic heterocycles. The summed E-state index contributed by atoms with van der Waals surface area (Å²) in [6.45, 7) is 10.7. The molecule has 0 saturated heterocycles. The van der Waals surface area contributed by atoms with Gasteiger partial charge in [-0.2, -0.15) is 0 Å². The van der Waals surface area contributed by atoms with Gasteiger partial charge in [0.05, 0.1) is 11.4 Å². The van der Waals surface area contributed by atoms with E-state index in [0.717, 1.165) is 48.6 Å². The molecular weight excluding hydrogens is 615 g/mol. The quantitative estimate of drug-likeness (QED) is 0.235. The van der Waals surface area contributed by atoms with Crippen molar-refractivity contribution in [2.75, 3.05) is 0 Å². The monoisotopic (exact) mass is 655 g/mol. The zero-order valence-corrected chi connectivity index (χ0v) is 27.4. The number of phenolic OH excluding ortho intramolecular Hbond substituents is 2. The van der Waals surface area contributed by atoms with Crippen molar-refractivity contribution in [2.45, 2.75) is 54.4 Å². The van der Waals surface area contributed by atoms with Crippen LogP contribution in [0.2, 0.25) is 0 Å². The summed E-state index contributed by atoms with van der Waals surface area (Å²) in [5.41, 5.74) is 5.06. The topological polar surface area (TPSA) is 145 Å². The van der Waals surface area contributed by atoms with Crippen molar-refractivity contribution < 1.29 is 46.8 Å². The van der Waals surface area contributed by atoms with Crippen molar-refractivity contribution in [3.63, 3.8) is 0 Å². The summed E-state index contributed by atoms with van der Waals surface area (Å²) >= 11 is 0. The molecule has 0 amide bonds. The number of aromatic hydroxyl groups is 2. The molecule has 0 aliphatic heterocycles. The number of carboxylic acids is 2. The van der Waals surface area contributed by atoms with Gasteiger partial charge in [-0.1, -0.05) is 64.1 Å². The van der Waals surface area contributed by atoms with E-state index < -0.39 is 11.9 Å². The van der Waals surface area contributed by atoms with Gasteiger partial charge in [0.25, 0.3) is 0 Å². The molecule has 0 aliphatic rings. The Bertz CT molecular complexity index is 1500. The predicted octanol–water partition coefficient (Wildman–Crippen LogP) is 5.66. The van der Waals surface area contributed by atoms with E-state index in [1.165, 1.54) is 0 Å². The third kappa shape index (κ3) is 14.2. The van der Waals surface area contributed by atoms with Crippen LogP contribution in [-0.2, 0) is 39.2 Å². The average Bonchev–Trinajstić information content (AvgIpc) is 2.92. The third-order valence-electron chi connectivity index (χ3n) is 6.00. The number of rotatable bonds is 8. The molecule has 4 rings (SSSR count). The van der Waals surface area contributed by atoms with Crippen LogP contribution in [0, 0.1) is 11.8 Å². The molecule has 9 heteroatoms. The smallest absolute Gasteiger partial charge is 0.550 e. The number of carbonyl (C=O) groups excluding carboxylic acids is 2. The van der Waals surface area contributed by atoms with E-state index in [-0.39, 0.29) is 28.3 Å². The Morgan fingerprint density at radius 2 is 1.00 bits per heavy atom. The summed E-state index contributed by atoms with van der Waals surface area (Å²) in [4.78, 5) is 27.3. The Labute approximate surface area is 275 Å². The summed E-state index contributed by atoms with van der Waals surface area (Å²) < 4.78 is 0. The fourth-order valence-corrected chi connectivity index (χ4v) is 4.31. The number of hydrogen-bond donors (Lipinski definition) is 2. The summed E-state index contributed by atoms with van der Waals surface area (Å²) in [5.74, 6) is -0.722. The maximum absolute atomic E-state index is 10.4. The Hall–Kier alpha value is -4.47. The molecule has 0 saturated carbocycles. The van der Waals surface area contributed by atoms with Crippen LogP contribution in [0.1, 0.15) is 63.8 Å². The van der Waals surface area contributed by atoms with Gasteiger partial charge in [-0.25, -0.2) is 0 Å². The van der Waals surface area contributed by atoms with Crippen LogP contribution in [0.25, 0.3) is 10.8 Å². The van der Waals surface area contributed by atoms with E-state index in [0.29, 0.717) is 34.3 Å². The average molecular weight is 656 g/mol.